The number of aromatic hydroxyl groups is 1. The number of hydrogen-bond donors (Lipinski definition) is 1. The Morgan fingerprint density at radius 2 is 2.31 bits per heavy atom. The van der Waals surface area contributed by atoms with Gasteiger partial charge in [0.05, 0.1) is 12.7 Å². The second-order valence-electron chi connectivity index (χ2n) is 2.43. The third-order valence-electron chi connectivity index (χ3n) is 1.69. The molecular formula is C9H9BrO3. The smallest absolute Gasteiger partial charge is 0.338 e. The molecule has 0 amide bonds. The van der Waals surface area contributed by atoms with E-state index in [-0.39, 0.29) is 5.75 Å². The lowest BCUT2D eigenvalue weighted by atomic mass is 10.1. The van der Waals surface area contributed by atoms with Crippen LogP contribution < -0.4 is 0 Å². The normalized spacial score (nSPS) is 9.69. The van der Waals surface area contributed by atoms with Crippen LogP contribution in [0.4, 0.5) is 0 Å². The number of halogens is 1. The third-order valence-corrected chi connectivity index (χ3v) is 2.25. The van der Waals surface area contributed by atoms with Crippen molar-refractivity contribution in [3.8, 4) is 5.75 Å². The molecule has 1 aromatic rings. The predicted molar refractivity (Wildman–Crippen MR) is 52.1 cm³/mol. The van der Waals surface area contributed by atoms with Gasteiger partial charge in [-0.25, -0.2) is 4.79 Å². The Labute approximate surface area is 84.5 Å². The molecule has 3 nitrogen and oxygen atoms in total. The average molecular weight is 245 g/mol. The molecule has 0 fully saturated rings. The van der Waals surface area contributed by atoms with E-state index in [1.807, 2.05) is 0 Å². The highest BCUT2D eigenvalue weighted by atomic mass is 79.9. The minimum Gasteiger partial charge on any atom is -0.508 e. The van der Waals surface area contributed by atoms with Crippen LogP contribution in [0.1, 0.15) is 15.9 Å². The molecule has 1 rings (SSSR count). The summed E-state index contributed by atoms with van der Waals surface area (Å²) < 4.78 is 4.56. The molecule has 0 unspecified atom stereocenters. The van der Waals surface area contributed by atoms with Crippen molar-refractivity contribution in [3.05, 3.63) is 29.3 Å². The number of phenolic OH excluding ortho intramolecular Hbond substituents is 1. The van der Waals surface area contributed by atoms with Crippen LogP contribution in [0.25, 0.3) is 0 Å². The zero-order valence-electron chi connectivity index (χ0n) is 7.08. The first kappa shape index (κ1) is 10.1. The molecule has 1 N–H and O–H groups in total. The van der Waals surface area contributed by atoms with Crippen molar-refractivity contribution in [1.29, 1.82) is 0 Å². The van der Waals surface area contributed by atoms with Crippen molar-refractivity contribution < 1.29 is 14.6 Å². The lowest BCUT2D eigenvalue weighted by Gasteiger charge is -2.06. The number of benzene rings is 1. The highest BCUT2D eigenvalue weighted by Crippen LogP contribution is 2.23. The van der Waals surface area contributed by atoms with Crippen LogP contribution in [0.5, 0.6) is 5.75 Å². The Kier molecular flexibility index (Phi) is 3.31. The van der Waals surface area contributed by atoms with Crippen LogP contribution in [0.3, 0.4) is 0 Å². The summed E-state index contributed by atoms with van der Waals surface area (Å²) in [6.07, 6.45) is 0. The fourth-order valence-electron chi connectivity index (χ4n) is 1.02. The standard InChI is InChI=1S/C9H9BrO3/c1-13-9(12)6-3-2-4-8(11)7(6)5-10/h2-4,11H,5H2,1H3. The molecule has 70 valence electrons. The zero-order valence-corrected chi connectivity index (χ0v) is 8.67. The van der Waals surface area contributed by atoms with Gasteiger partial charge in [-0.3, -0.25) is 0 Å². The summed E-state index contributed by atoms with van der Waals surface area (Å²) in [4.78, 5) is 11.2. The minimum atomic E-state index is -0.439. The number of esters is 1. The highest BCUT2D eigenvalue weighted by Gasteiger charge is 2.13. The van der Waals surface area contributed by atoms with Crippen LogP contribution in [0.2, 0.25) is 0 Å². The highest BCUT2D eigenvalue weighted by molar-refractivity contribution is 9.08. The average Bonchev–Trinajstić information content (AvgIpc) is 2.16. The lowest BCUT2D eigenvalue weighted by Crippen LogP contribution is -2.04. The second-order valence-corrected chi connectivity index (χ2v) is 2.99. The predicted octanol–water partition coefficient (Wildman–Crippen LogP) is 2.07. The molecule has 0 saturated heterocycles. The first-order valence-corrected chi connectivity index (χ1v) is 4.78. The van der Waals surface area contributed by atoms with E-state index in [0.717, 1.165) is 0 Å². The molecule has 1 aromatic carbocycles. The van der Waals surface area contributed by atoms with E-state index in [0.29, 0.717) is 16.5 Å². The maximum absolute atomic E-state index is 11.2. The van der Waals surface area contributed by atoms with E-state index in [2.05, 4.69) is 20.7 Å². The molecule has 0 heterocycles. The van der Waals surface area contributed by atoms with Crippen LogP contribution in [0, 0.1) is 0 Å². The zero-order chi connectivity index (χ0) is 9.84. The summed E-state index contributed by atoms with van der Waals surface area (Å²) in [5.74, 6) is -0.342. The SMILES string of the molecule is COC(=O)c1cccc(O)c1CBr. The van der Waals surface area contributed by atoms with Gasteiger partial charge in [0.1, 0.15) is 5.75 Å². The van der Waals surface area contributed by atoms with Crippen LogP contribution in [-0.2, 0) is 10.1 Å². The van der Waals surface area contributed by atoms with E-state index in [9.17, 15) is 9.90 Å². The largest absolute Gasteiger partial charge is 0.508 e. The number of alkyl halides is 1. The number of hydrogen-bond acceptors (Lipinski definition) is 3. The Morgan fingerprint density at radius 3 is 2.85 bits per heavy atom. The van der Waals surface area contributed by atoms with Crippen molar-refractivity contribution in [3.63, 3.8) is 0 Å². The first-order chi connectivity index (χ1) is 6.20. The summed E-state index contributed by atoms with van der Waals surface area (Å²) in [5.41, 5.74) is 0.939. The Balaban J connectivity index is 3.20. The Bertz CT molecular complexity index is 323. The van der Waals surface area contributed by atoms with Gasteiger partial charge in [0, 0.05) is 10.9 Å². The molecule has 0 aliphatic rings. The van der Waals surface area contributed by atoms with Gasteiger partial charge in [0.2, 0.25) is 0 Å². The van der Waals surface area contributed by atoms with Gasteiger partial charge < -0.3 is 9.84 Å². The maximum Gasteiger partial charge on any atom is 0.338 e. The summed E-state index contributed by atoms with van der Waals surface area (Å²) in [5, 5.41) is 9.82. The van der Waals surface area contributed by atoms with Gasteiger partial charge in [0.15, 0.2) is 0 Å². The first-order valence-electron chi connectivity index (χ1n) is 3.65. The van der Waals surface area contributed by atoms with E-state index in [1.54, 1.807) is 12.1 Å². The topological polar surface area (TPSA) is 46.5 Å². The van der Waals surface area contributed by atoms with Crippen molar-refractivity contribution in [1.82, 2.24) is 0 Å². The number of rotatable bonds is 2. The molecule has 4 heteroatoms. The lowest BCUT2D eigenvalue weighted by molar-refractivity contribution is 0.0599. The molecular weight excluding hydrogens is 236 g/mol. The number of methoxy groups -OCH3 is 1. The quantitative estimate of drug-likeness (QED) is 0.640. The van der Waals surface area contributed by atoms with Crippen LogP contribution >= 0.6 is 15.9 Å². The number of ether oxygens (including phenoxy) is 1. The van der Waals surface area contributed by atoms with Gasteiger partial charge in [-0.15, -0.1) is 0 Å². The van der Waals surface area contributed by atoms with E-state index < -0.39 is 5.97 Å². The molecule has 0 aliphatic carbocycles. The second kappa shape index (κ2) is 4.28. The van der Waals surface area contributed by atoms with E-state index in [4.69, 9.17) is 0 Å². The van der Waals surface area contributed by atoms with Crippen molar-refractivity contribution in [2.45, 2.75) is 5.33 Å². The van der Waals surface area contributed by atoms with Gasteiger partial charge in [0.25, 0.3) is 0 Å². The summed E-state index contributed by atoms with van der Waals surface area (Å²) in [7, 11) is 1.31. The molecule has 13 heavy (non-hydrogen) atoms. The molecule has 0 aliphatic heterocycles. The summed E-state index contributed by atoms with van der Waals surface area (Å²) >= 11 is 3.19. The van der Waals surface area contributed by atoms with Gasteiger partial charge in [-0.05, 0) is 12.1 Å². The van der Waals surface area contributed by atoms with Crippen LogP contribution in [-0.4, -0.2) is 18.2 Å². The van der Waals surface area contributed by atoms with Crippen molar-refractivity contribution >= 4 is 21.9 Å². The summed E-state index contributed by atoms with van der Waals surface area (Å²) in [6, 6.07) is 4.75. The molecule has 0 atom stereocenters. The van der Waals surface area contributed by atoms with Gasteiger partial charge >= 0.3 is 5.97 Å². The Morgan fingerprint density at radius 1 is 1.62 bits per heavy atom. The molecule has 0 bridgehead atoms. The molecule has 0 aromatic heterocycles. The van der Waals surface area contributed by atoms with Crippen LogP contribution in [0.15, 0.2) is 18.2 Å². The van der Waals surface area contributed by atoms with E-state index in [1.165, 1.54) is 13.2 Å². The fourth-order valence-corrected chi connectivity index (χ4v) is 1.61. The number of carbonyl (C=O) groups excluding carboxylic acids is 1. The number of carbonyl (C=O) groups is 1. The monoisotopic (exact) mass is 244 g/mol. The van der Waals surface area contributed by atoms with Gasteiger partial charge in [-0.2, -0.15) is 0 Å². The van der Waals surface area contributed by atoms with E-state index >= 15 is 0 Å². The fraction of sp³-hybridized carbons (Fsp3) is 0.222. The minimum absolute atomic E-state index is 0.0970. The number of phenols is 1. The van der Waals surface area contributed by atoms with Crippen molar-refractivity contribution in [2.24, 2.45) is 0 Å². The maximum atomic E-state index is 11.2. The third kappa shape index (κ3) is 2.01. The summed E-state index contributed by atoms with van der Waals surface area (Å²) in [6.45, 7) is 0. The van der Waals surface area contributed by atoms with Crippen molar-refractivity contribution in [2.75, 3.05) is 7.11 Å². The molecule has 0 spiro atoms. The van der Waals surface area contributed by atoms with Gasteiger partial charge in [-0.1, -0.05) is 22.0 Å². The Hall–Kier alpha value is -1.03. The molecule has 0 saturated carbocycles. The molecule has 0 radical (unpaired) electrons.